The Bertz CT molecular complexity index is 787. The summed E-state index contributed by atoms with van der Waals surface area (Å²) in [7, 11) is 1.58. The van der Waals surface area contributed by atoms with Gasteiger partial charge in [-0.1, -0.05) is 12.1 Å². The van der Waals surface area contributed by atoms with Crippen molar-refractivity contribution in [3.63, 3.8) is 0 Å². The van der Waals surface area contributed by atoms with Crippen molar-refractivity contribution in [1.29, 1.82) is 0 Å². The molecule has 0 radical (unpaired) electrons. The monoisotopic (exact) mass is 342 g/mol. The first kappa shape index (κ1) is 17.9. The molecule has 2 rings (SSSR count). The highest BCUT2D eigenvalue weighted by molar-refractivity contribution is 5.99. The third-order valence-corrected chi connectivity index (χ3v) is 3.37. The Hall–Kier alpha value is -3.42. The molecule has 0 aromatic heterocycles. The fourth-order valence-electron chi connectivity index (χ4n) is 1.99. The molecule has 0 bridgehead atoms. The highest BCUT2D eigenvalue weighted by Gasteiger charge is 2.08. The Labute approximate surface area is 144 Å². The number of amides is 1. The Morgan fingerprint density at radius 3 is 2.60 bits per heavy atom. The van der Waals surface area contributed by atoms with Gasteiger partial charge in [0, 0.05) is 23.4 Å². The Kier molecular flexibility index (Phi) is 6.05. The minimum atomic E-state index is -0.478. The van der Waals surface area contributed by atoms with Crippen LogP contribution >= 0.6 is 0 Å². The summed E-state index contributed by atoms with van der Waals surface area (Å²) in [6.45, 7) is 1.70. The lowest BCUT2D eigenvalue weighted by Gasteiger charge is -2.07. The maximum Gasteiger partial charge on any atom is 0.270 e. The normalized spacial score (nSPS) is 10.9. The number of hydrogen-bond acceptors (Lipinski definition) is 6. The average molecular weight is 342 g/mol. The maximum absolute atomic E-state index is 11.8. The second kappa shape index (κ2) is 8.44. The number of rotatable bonds is 7. The van der Waals surface area contributed by atoms with Gasteiger partial charge in [-0.05, 0) is 31.2 Å². The molecule has 0 heterocycles. The first-order valence-corrected chi connectivity index (χ1v) is 7.45. The predicted molar refractivity (Wildman–Crippen MR) is 94.9 cm³/mol. The molecular weight excluding hydrogens is 324 g/mol. The SMILES string of the molecule is COc1ccc(NCC(=O)N/N=C(/C)c2cccc([N+](=O)[O-])c2)cc1. The molecule has 2 N–H and O–H groups in total. The van der Waals surface area contributed by atoms with Gasteiger partial charge in [-0.3, -0.25) is 14.9 Å². The largest absolute Gasteiger partial charge is 0.497 e. The molecule has 25 heavy (non-hydrogen) atoms. The van der Waals surface area contributed by atoms with E-state index in [1.807, 2.05) is 0 Å². The molecule has 130 valence electrons. The third kappa shape index (κ3) is 5.31. The number of nitrogens with one attached hydrogen (secondary N) is 2. The van der Waals surface area contributed by atoms with Crippen LogP contribution in [0.5, 0.6) is 5.75 Å². The van der Waals surface area contributed by atoms with E-state index in [0.717, 1.165) is 11.4 Å². The van der Waals surface area contributed by atoms with Crippen LogP contribution in [0.15, 0.2) is 53.6 Å². The van der Waals surface area contributed by atoms with Crippen LogP contribution in [0.4, 0.5) is 11.4 Å². The molecule has 0 aliphatic carbocycles. The molecule has 0 fully saturated rings. The number of nitro groups is 1. The summed E-state index contributed by atoms with van der Waals surface area (Å²) in [6.07, 6.45) is 0. The molecule has 2 aromatic rings. The van der Waals surface area contributed by atoms with E-state index in [1.165, 1.54) is 12.1 Å². The van der Waals surface area contributed by atoms with Gasteiger partial charge in [-0.2, -0.15) is 5.10 Å². The maximum atomic E-state index is 11.8. The predicted octanol–water partition coefficient (Wildman–Crippen LogP) is 2.56. The van der Waals surface area contributed by atoms with Gasteiger partial charge in [-0.15, -0.1) is 0 Å². The van der Waals surface area contributed by atoms with Crippen molar-refractivity contribution in [3.05, 3.63) is 64.2 Å². The zero-order valence-electron chi connectivity index (χ0n) is 13.9. The van der Waals surface area contributed by atoms with Crippen molar-refractivity contribution in [3.8, 4) is 5.75 Å². The van der Waals surface area contributed by atoms with Crippen molar-refractivity contribution in [1.82, 2.24) is 5.43 Å². The van der Waals surface area contributed by atoms with Crippen LogP contribution in [0.1, 0.15) is 12.5 Å². The number of non-ortho nitro benzene ring substituents is 1. The van der Waals surface area contributed by atoms with Crippen molar-refractivity contribution >= 4 is 23.0 Å². The van der Waals surface area contributed by atoms with Crippen LogP contribution in [-0.2, 0) is 4.79 Å². The van der Waals surface area contributed by atoms with Gasteiger partial charge in [-0.25, -0.2) is 5.43 Å². The fourth-order valence-corrected chi connectivity index (χ4v) is 1.99. The van der Waals surface area contributed by atoms with Gasteiger partial charge in [0.15, 0.2) is 0 Å². The molecule has 0 unspecified atom stereocenters. The number of benzene rings is 2. The molecule has 0 aliphatic rings. The van der Waals surface area contributed by atoms with Crippen LogP contribution in [0.25, 0.3) is 0 Å². The molecule has 0 saturated carbocycles. The molecule has 0 aliphatic heterocycles. The molecule has 0 spiro atoms. The summed E-state index contributed by atoms with van der Waals surface area (Å²) in [5.74, 6) is 0.396. The Balaban J connectivity index is 1.90. The number of anilines is 1. The van der Waals surface area contributed by atoms with E-state index in [9.17, 15) is 14.9 Å². The van der Waals surface area contributed by atoms with Gasteiger partial charge >= 0.3 is 0 Å². The summed E-state index contributed by atoms with van der Waals surface area (Å²) in [6, 6.07) is 13.2. The summed E-state index contributed by atoms with van der Waals surface area (Å²) in [4.78, 5) is 22.1. The minimum absolute atomic E-state index is 0.0282. The van der Waals surface area contributed by atoms with Gasteiger partial charge in [0.25, 0.3) is 11.6 Å². The van der Waals surface area contributed by atoms with Crippen molar-refractivity contribution < 1.29 is 14.5 Å². The van der Waals surface area contributed by atoms with Gasteiger partial charge in [0.05, 0.1) is 24.3 Å². The van der Waals surface area contributed by atoms with Crippen LogP contribution in [-0.4, -0.2) is 30.2 Å². The van der Waals surface area contributed by atoms with Gasteiger partial charge < -0.3 is 10.1 Å². The molecule has 8 heteroatoms. The lowest BCUT2D eigenvalue weighted by atomic mass is 10.1. The molecule has 0 saturated heterocycles. The molecule has 0 atom stereocenters. The van der Waals surface area contributed by atoms with E-state index in [2.05, 4.69) is 15.8 Å². The molecular formula is C17H18N4O4. The first-order chi connectivity index (χ1) is 12.0. The summed E-state index contributed by atoms with van der Waals surface area (Å²) >= 11 is 0. The highest BCUT2D eigenvalue weighted by atomic mass is 16.6. The van der Waals surface area contributed by atoms with E-state index < -0.39 is 4.92 Å². The van der Waals surface area contributed by atoms with E-state index in [1.54, 1.807) is 50.4 Å². The number of nitro benzene ring substituents is 1. The summed E-state index contributed by atoms with van der Waals surface area (Å²) < 4.78 is 5.06. The number of methoxy groups -OCH3 is 1. The van der Waals surface area contributed by atoms with E-state index >= 15 is 0 Å². The zero-order valence-corrected chi connectivity index (χ0v) is 13.9. The zero-order chi connectivity index (χ0) is 18.2. The van der Waals surface area contributed by atoms with Crippen LogP contribution < -0.4 is 15.5 Å². The van der Waals surface area contributed by atoms with Crippen molar-refractivity contribution in [2.45, 2.75) is 6.92 Å². The van der Waals surface area contributed by atoms with E-state index in [-0.39, 0.29) is 18.1 Å². The molecule has 1 amide bonds. The fraction of sp³-hybridized carbons (Fsp3) is 0.176. The number of nitrogens with zero attached hydrogens (tertiary/aromatic N) is 2. The Morgan fingerprint density at radius 2 is 1.96 bits per heavy atom. The smallest absolute Gasteiger partial charge is 0.270 e. The topological polar surface area (TPSA) is 106 Å². The van der Waals surface area contributed by atoms with Gasteiger partial charge in [0.1, 0.15) is 5.75 Å². The van der Waals surface area contributed by atoms with E-state index in [0.29, 0.717) is 11.3 Å². The van der Waals surface area contributed by atoms with Crippen molar-refractivity contribution in [2.24, 2.45) is 5.10 Å². The number of carbonyl (C=O) groups is 1. The minimum Gasteiger partial charge on any atom is -0.497 e. The Morgan fingerprint density at radius 1 is 1.24 bits per heavy atom. The van der Waals surface area contributed by atoms with Crippen molar-refractivity contribution in [2.75, 3.05) is 19.0 Å². The number of carbonyl (C=O) groups excluding carboxylic acids is 1. The van der Waals surface area contributed by atoms with E-state index in [4.69, 9.17) is 4.74 Å². The third-order valence-electron chi connectivity index (χ3n) is 3.37. The lowest BCUT2D eigenvalue weighted by Crippen LogP contribution is -2.26. The first-order valence-electron chi connectivity index (χ1n) is 7.45. The second-order valence-electron chi connectivity index (χ2n) is 5.12. The highest BCUT2D eigenvalue weighted by Crippen LogP contribution is 2.15. The number of hydrazone groups is 1. The second-order valence-corrected chi connectivity index (χ2v) is 5.12. The summed E-state index contributed by atoms with van der Waals surface area (Å²) in [5.41, 5.74) is 4.20. The number of hydrogen-bond donors (Lipinski definition) is 2. The summed E-state index contributed by atoms with van der Waals surface area (Å²) in [5, 5.41) is 17.7. The van der Waals surface area contributed by atoms with Gasteiger partial charge in [0.2, 0.25) is 0 Å². The number of ether oxygens (including phenoxy) is 1. The molecule has 2 aromatic carbocycles. The van der Waals surface area contributed by atoms with Crippen LogP contribution in [0, 0.1) is 10.1 Å². The standard InChI is InChI=1S/C17H18N4O4/c1-12(13-4-3-5-15(10-13)21(23)24)19-20-17(22)11-18-14-6-8-16(25-2)9-7-14/h3-10,18H,11H2,1-2H3,(H,20,22)/b19-12-. The van der Waals surface area contributed by atoms with Crippen LogP contribution in [0.3, 0.4) is 0 Å². The quantitative estimate of drug-likeness (QED) is 0.457. The lowest BCUT2D eigenvalue weighted by molar-refractivity contribution is -0.384. The molecule has 8 nitrogen and oxygen atoms in total. The van der Waals surface area contributed by atoms with Crippen LogP contribution in [0.2, 0.25) is 0 Å². The average Bonchev–Trinajstić information content (AvgIpc) is 2.64.